The van der Waals surface area contributed by atoms with Gasteiger partial charge in [0.15, 0.2) is 11.5 Å². The van der Waals surface area contributed by atoms with Gasteiger partial charge in [-0.2, -0.15) is 16.8 Å². The smallest absolute Gasteiger partial charge is 0.343 e. The first-order chi connectivity index (χ1) is 19.3. The Bertz CT molecular complexity index is 1810. The van der Waals surface area contributed by atoms with Crippen LogP contribution in [0.4, 0.5) is 0 Å². The van der Waals surface area contributed by atoms with Gasteiger partial charge in [0.1, 0.15) is 27.7 Å². The lowest BCUT2D eigenvalue weighted by atomic mass is 10.1. The third kappa shape index (κ3) is 6.87. The minimum Gasteiger partial charge on any atom is -0.487 e. The van der Waals surface area contributed by atoms with Gasteiger partial charge in [0.25, 0.3) is 0 Å². The Hall–Kier alpha value is -4.35. The van der Waals surface area contributed by atoms with E-state index in [9.17, 15) is 26.7 Å². The van der Waals surface area contributed by atoms with Crippen LogP contribution in [0.1, 0.15) is 38.2 Å². The quantitative estimate of drug-likeness (QED) is 0.228. The van der Waals surface area contributed by atoms with Crippen molar-refractivity contribution < 1.29 is 39.8 Å². The Labute approximate surface area is 239 Å². The molecule has 0 spiro atoms. The van der Waals surface area contributed by atoms with Crippen LogP contribution in [-0.2, 0) is 26.8 Å². The molecule has 9 nitrogen and oxygen atoms in total. The van der Waals surface area contributed by atoms with Gasteiger partial charge in [-0.25, -0.2) is 4.79 Å². The Kier molecular flexibility index (Phi) is 8.41. The minimum absolute atomic E-state index is 0.0193. The molecule has 0 atom stereocenters. The lowest BCUT2D eigenvalue weighted by molar-refractivity contribution is 0.0689. The Balaban J connectivity index is 1.85. The SMILES string of the molecule is Cc1ccc(S(=O)(=O)Oc2cc(OS(=O)(=O)c3ccc(C)cc3)c(C(=O)O)c(OCc3cccc(C)c3)c2C)cc1. The zero-order chi connectivity index (χ0) is 29.9. The van der Waals surface area contributed by atoms with E-state index in [4.69, 9.17) is 13.1 Å². The van der Waals surface area contributed by atoms with Gasteiger partial charge >= 0.3 is 26.2 Å². The molecule has 0 unspecified atom stereocenters. The van der Waals surface area contributed by atoms with Crippen LogP contribution in [0.15, 0.2) is 88.7 Å². The van der Waals surface area contributed by atoms with E-state index < -0.39 is 37.5 Å². The number of aromatic carboxylic acids is 1. The normalized spacial score (nSPS) is 11.6. The van der Waals surface area contributed by atoms with Gasteiger partial charge in [0, 0.05) is 11.6 Å². The summed E-state index contributed by atoms with van der Waals surface area (Å²) in [6, 6.07) is 19.9. The molecule has 0 saturated heterocycles. The van der Waals surface area contributed by atoms with Crippen LogP contribution in [0.3, 0.4) is 0 Å². The molecule has 0 heterocycles. The molecule has 0 bridgehead atoms. The van der Waals surface area contributed by atoms with Gasteiger partial charge in [-0.05, 0) is 57.5 Å². The van der Waals surface area contributed by atoms with Crippen LogP contribution in [0.2, 0.25) is 0 Å². The molecule has 0 radical (unpaired) electrons. The maximum Gasteiger partial charge on any atom is 0.343 e. The Morgan fingerprint density at radius 1 is 0.683 bits per heavy atom. The second-order valence-electron chi connectivity index (χ2n) is 9.49. The third-order valence-corrected chi connectivity index (χ3v) is 8.64. The monoisotopic (exact) mass is 596 g/mol. The maximum atomic E-state index is 13.1. The fraction of sp³-hybridized carbons (Fsp3) is 0.167. The highest BCUT2D eigenvalue weighted by Gasteiger charge is 2.30. The Morgan fingerprint density at radius 3 is 1.68 bits per heavy atom. The first-order valence-electron chi connectivity index (χ1n) is 12.4. The van der Waals surface area contributed by atoms with Crippen molar-refractivity contribution in [3.63, 3.8) is 0 Å². The number of ether oxygens (including phenoxy) is 1. The number of hydrogen-bond donors (Lipinski definition) is 1. The van der Waals surface area contributed by atoms with Crippen LogP contribution in [0.25, 0.3) is 0 Å². The van der Waals surface area contributed by atoms with Crippen molar-refractivity contribution in [2.75, 3.05) is 0 Å². The van der Waals surface area contributed by atoms with E-state index >= 15 is 0 Å². The van der Waals surface area contributed by atoms with E-state index in [0.29, 0.717) is 5.56 Å². The van der Waals surface area contributed by atoms with Gasteiger partial charge in [0.2, 0.25) is 0 Å². The predicted octanol–water partition coefficient (Wildman–Crippen LogP) is 5.73. The fourth-order valence-electron chi connectivity index (χ4n) is 3.95. The standard InChI is InChI=1S/C30H28O9S2/c1-19-8-12-24(13-9-19)40(33,34)38-26-17-27(39-41(35,36)25-14-10-20(2)11-15-25)28(30(31)32)29(22(26)4)37-18-23-7-5-6-21(3)16-23/h5-17H,18H2,1-4H3,(H,31,32). The first kappa shape index (κ1) is 29.6. The number of aryl methyl sites for hydroxylation is 3. The predicted molar refractivity (Wildman–Crippen MR) is 152 cm³/mol. The van der Waals surface area contributed by atoms with E-state index in [-0.39, 0.29) is 33.5 Å². The van der Waals surface area contributed by atoms with Crippen molar-refractivity contribution in [3.8, 4) is 17.2 Å². The molecule has 11 heteroatoms. The molecule has 214 valence electrons. The molecular formula is C30H28O9S2. The van der Waals surface area contributed by atoms with Gasteiger partial charge in [-0.15, -0.1) is 0 Å². The summed E-state index contributed by atoms with van der Waals surface area (Å²) >= 11 is 0. The zero-order valence-corrected chi connectivity index (χ0v) is 24.4. The van der Waals surface area contributed by atoms with E-state index in [2.05, 4.69) is 0 Å². The topological polar surface area (TPSA) is 133 Å². The maximum absolute atomic E-state index is 13.1. The molecule has 4 aromatic carbocycles. The van der Waals surface area contributed by atoms with Crippen LogP contribution in [0.5, 0.6) is 17.2 Å². The summed E-state index contributed by atoms with van der Waals surface area (Å²) in [7, 11) is -8.93. The van der Waals surface area contributed by atoms with Crippen molar-refractivity contribution in [1.82, 2.24) is 0 Å². The summed E-state index contributed by atoms with van der Waals surface area (Å²) in [6.45, 7) is 6.76. The van der Waals surface area contributed by atoms with Crippen molar-refractivity contribution >= 4 is 26.2 Å². The van der Waals surface area contributed by atoms with Crippen molar-refractivity contribution in [2.45, 2.75) is 44.1 Å². The van der Waals surface area contributed by atoms with E-state index in [1.165, 1.54) is 31.2 Å². The fourth-order valence-corrected chi connectivity index (χ4v) is 5.85. The molecule has 0 aliphatic rings. The summed E-state index contributed by atoms with van der Waals surface area (Å²) in [5, 5.41) is 10.1. The highest BCUT2D eigenvalue weighted by atomic mass is 32.2. The molecule has 0 aromatic heterocycles. The van der Waals surface area contributed by atoms with Gasteiger partial charge in [-0.3, -0.25) is 0 Å². The second-order valence-corrected chi connectivity index (χ2v) is 12.6. The van der Waals surface area contributed by atoms with Gasteiger partial charge in [0.05, 0.1) is 0 Å². The number of hydrogen-bond acceptors (Lipinski definition) is 8. The summed E-state index contributed by atoms with van der Waals surface area (Å²) < 4.78 is 69.1. The largest absolute Gasteiger partial charge is 0.487 e. The van der Waals surface area contributed by atoms with Gasteiger partial charge in [-0.1, -0.05) is 65.2 Å². The van der Waals surface area contributed by atoms with E-state index in [1.807, 2.05) is 19.1 Å². The number of carboxylic acids is 1. The zero-order valence-electron chi connectivity index (χ0n) is 22.7. The van der Waals surface area contributed by atoms with Crippen molar-refractivity contribution in [3.05, 3.63) is 112 Å². The molecule has 0 amide bonds. The minimum atomic E-state index is -4.53. The summed E-state index contributed by atoms with van der Waals surface area (Å²) in [5.74, 6) is -2.87. The lowest BCUT2D eigenvalue weighted by Crippen LogP contribution is -2.16. The molecule has 1 N–H and O–H groups in total. The molecule has 41 heavy (non-hydrogen) atoms. The highest BCUT2D eigenvalue weighted by Crippen LogP contribution is 2.41. The number of carbonyl (C=O) groups is 1. The third-order valence-electron chi connectivity index (χ3n) is 6.14. The molecular weight excluding hydrogens is 568 g/mol. The molecule has 0 aliphatic heterocycles. The van der Waals surface area contributed by atoms with Crippen LogP contribution in [-0.4, -0.2) is 27.9 Å². The molecule has 0 saturated carbocycles. The Morgan fingerprint density at radius 2 is 1.20 bits per heavy atom. The average Bonchev–Trinajstić information content (AvgIpc) is 2.89. The number of rotatable bonds is 10. The summed E-state index contributed by atoms with van der Waals surface area (Å²) in [6.07, 6.45) is 0. The summed E-state index contributed by atoms with van der Waals surface area (Å²) in [5.41, 5.74) is 2.69. The average molecular weight is 597 g/mol. The highest BCUT2D eigenvalue weighted by molar-refractivity contribution is 7.87. The lowest BCUT2D eigenvalue weighted by Gasteiger charge is -2.19. The van der Waals surface area contributed by atoms with Crippen LogP contribution < -0.4 is 13.1 Å². The first-order valence-corrected chi connectivity index (χ1v) is 15.2. The number of benzene rings is 4. The van der Waals surface area contributed by atoms with Crippen molar-refractivity contribution in [1.29, 1.82) is 0 Å². The molecule has 4 rings (SSSR count). The van der Waals surface area contributed by atoms with E-state index in [0.717, 1.165) is 22.8 Å². The van der Waals surface area contributed by atoms with Gasteiger partial charge < -0.3 is 18.2 Å². The van der Waals surface area contributed by atoms with E-state index in [1.54, 1.807) is 50.2 Å². The molecule has 4 aromatic rings. The summed E-state index contributed by atoms with van der Waals surface area (Å²) in [4.78, 5) is 12.1. The second kappa shape index (κ2) is 11.6. The van der Waals surface area contributed by atoms with Crippen LogP contribution in [0, 0.1) is 27.7 Å². The van der Waals surface area contributed by atoms with Crippen molar-refractivity contribution in [2.24, 2.45) is 0 Å². The van der Waals surface area contributed by atoms with Crippen LogP contribution >= 0.6 is 0 Å². The number of carboxylic acid groups (broad SMARTS) is 1. The molecule has 0 aliphatic carbocycles. The molecule has 0 fully saturated rings.